The molecule has 0 aliphatic heterocycles. The fraction of sp³-hybridized carbons (Fsp3) is 0.333. The van der Waals surface area contributed by atoms with Gasteiger partial charge in [-0.25, -0.2) is 9.59 Å². The van der Waals surface area contributed by atoms with Crippen LogP contribution in [0.1, 0.15) is 17.3 Å². The molecule has 20 heavy (non-hydrogen) atoms. The maximum atomic E-state index is 11.7. The first kappa shape index (κ1) is 16.5. The van der Waals surface area contributed by atoms with Crippen LogP contribution < -0.4 is 10.6 Å². The van der Waals surface area contributed by atoms with Gasteiger partial charge in [-0.15, -0.1) is 0 Å². The molecule has 0 fully saturated rings. The predicted molar refractivity (Wildman–Crippen MR) is 79.0 cm³/mol. The molecule has 8 heteroatoms. The monoisotopic (exact) mass is 318 g/mol. The molecule has 2 amide bonds. The Bertz CT molecular complexity index is 550. The number of halogens is 1. The van der Waals surface area contributed by atoms with Crippen molar-refractivity contribution in [1.29, 1.82) is 0 Å². The number of benzene rings is 1. The van der Waals surface area contributed by atoms with Crippen molar-refractivity contribution in [2.75, 3.05) is 17.3 Å². The molecule has 110 valence electrons. The van der Waals surface area contributed by atoms with Crippen LogP contribution in [0, 0.1) is 0 Å². The summed E-state index contributed by atoms with van der Waals surface area (Å²) in [5.74, 6) is -0.797. The zero-order valence-electron chi connectivity index (χ0n) is 11.0. The van der Waals surface area contributed by atoms with Gasteiger partial charge in [-0.1, -0.05) is 11.6 Å². The Morgan fingerprint density at radius 3 is 2.60 bits per heavy atom. The molecule has 1 aromatic carbocycles. The van der Waals surface area contributed by atoms with E-state index in [0.717, 1.165) is 0 Å². The number of hydrogen-bond acceptors (Lipinski definition) is 3. The number of amides is 2. The second kappa shape index (κ2) is 7.25. The summed E-state index contributed by atoms with van der Waals surface area (Å²) in [6.45, 7) is 1.72. The first-order valence-electron chi connectivity index (χ1n) is 5.69. The molecular formula is C12H15ClN2O4S. The Kier molecular flexibility index (Phi) is 5.97. The van der Waals surface area contributed by atoms with Gasteiger partial charge in [-0.3, -0.25) is 4.21 Å². The summed E-state index contributed by atoms with van der Waals surface area (Å²) in [6.07, 6.45) is 1.55. The van der Waals surface area contributed by atoms with E-state index in [9.17, 15) is 13.8 Å². The summed E-state index contributed by atoms with van der Waals surface area (Å²) in [4.78, 5) is 22.6. The minimum absolute atomic E-state index is 0.0180. The molecule has 1 aromatic rings. The fourth-order valence-corrected chi connectivity index (χ4v) is 2.59. The van der Waals surface area contributed by atoms with Crippen molar-refractivity contribution in [3.63, 3.8) is 0 Å². The highest BCUT2D eigenvalue weighted by atomic mass is 35.5. The van der Waals surface area contributed by atoms with Gasteiger partial charge >= 0.3 is 12.0 Å². The number of carbonyl (C=O) groups is 2. The number of carboxylic acids is 1. The minimum atomic E-state index is -1.13. The van der Waals surface area contributed by atoms with Crippen LogP contribution in [0.15, 0.2) is 18.2 Å². The number of carbonyl (C=O) groups excluding carboxylic acids is 1. The SMILES string of the molecule is CC(CS(C)=O)NC(=O)Nc1cc(Cl)cc(C(=O)O)c1. The lowest BCUT2D eigenvalue weighted by Gasteiger charge is -2.13. The van der Waals surface area contributed by atoms with Crippen LogP contribution in [0.25, 0.3) is 0 Å². The van der Waals surface area contributed by atoms with E-state index in [2.05, 4.69) is 10.6 Å². The van der Waals surface area contributed by atoms with Gasteiger partial charge in [0.15, 0.2) is 0 Å². The summed E-state index contributed by atoms with van der Waals surface area (Å²) in [5.41, 5.74) is 0.257. The van der Waals surface area contributed by atoms with Gasteiger partial charge in [0.2, 0.25) is 0 Å². The van der Waals surface area contributed by atoms with E-state index >= 15 is 0 Å². The molecule has 6 nitrogen and oxygen atoms in total. The summed E-state index contributed by atoms with van der Waals surface area (Å²) in [5, 5.41) is 14.2. The Morgan fingerprint density at radius 1 is 1.40 bits per heavy atom. The number of aromatic carboxylic acids is 1. The predicted octanol–water partition coefficient (Wildman–Crippen LogP) is 1.93. The van der Waals surface area contributed by atoms with E-state index in [1.54, 1.807) is 13.2 Å². The van der Waals surface area contributed by atoms with Crippen LogP contribution in [-0.2, 0) is 10.8 Å². The van der Waals surface area contributed by atoms with Gasteiger partial charge in [-0.2, -0.15) is 0 Å². The van der Waals surface area contributed by atoms with E-state index < -0.39 is 22.8 Å². The average molecular weight is 319 g/mol. The molecule has 2 atom stereocenters. The van der Waals surface area contributed by atoms with E-state index in [0.29, 0.717) is 5.75 Å². The molecule has 0 saturated heterocycles. The Labute approximate surface area is 124 Å². The summed E-state index contributed by atoms with van der Waals surface area (Å²) >= 11 is 5.78. The summed E-state index contributed by atoms with van der Waals surface area (Å²) in [6, 6.07) is 3.25. The molecule has 0 aliphatic rings. The number of urea groups is 1. The van der Waals surface area contributed by atoms with Crippen molar-refractivity contribution < 1.29 is 18.9 Å². The molecule has 0 aromatic heterocycles. The smallest absolute Gasteiger partial charge is 0.335 e. The zero-order valence-corrected chi connectivity index (χ0v) is 12.5. The quantitative estimate of drug-likeness (QED) is 0.773. The topological polar surface area (TPSA) is 95.5 Å². The lowest BCUT2D eigenvalue weighted by atomic mass is 10.2. The third-order valence-electron chi connectivity index (χ3n) is 2.26. The standard InChI is InChI=1S/C12H15ClN2O4S/c1-7(6-20(2)19)14-12(18)15-10-4-8(11(16)17)3-9(13)5-10/h3-5,7H,6H2,1-2H3,(H,16,17)(H2,14,15,18). The summed E-state index contributed by atoms with van der Waals surface area (Å²) < 4.78 is 11.0. The molecule has 0 spiro atoms. The van der Waals surface area contributed by atoms with Crippen molar-refractivity contribution in [2.24, 2.45) is 0 Å². The Morgan fingerprint density at radius 2 is 2.05 bits per heavy atom. The van der Waals surface area contributed by atoms with Gasteiger partial charge in [0.05, 0.1) is 5.56 Å². The first-order chi connectivity index (χ1) is 9.27. The van der Waals surface area contributed by atoms with Crippen molar-refractivity contribution in [3.8, 4) is 0 Å². The highest BCUT2D eigenvalue weighted by Gasteiger charge is 2.11. The first-order valence-corrected chi connectivity index (χ1v) is 7.80. The van der Waals surface area contributed by atoms with E-state index in [-0.39, 0.29) is 22.3 Å². The molecule has 0 bridgehead atoms. The molecule has 3 N–H and O–H groups in total. The third kappa shape index (κ3) is 5.58. The number of anilines is 1. The van der Waals surface area contributed by atoms with Crippen molar-refractivity contribution in [1.82, 2.24) is 5.32 Å². The Balaban J connectivity index is 2.71. The molecule has 1 rings (SSSR count). The maximum Gasteiger partial charge on any atom is 0.335 e. The van der Waals surface area contributed by atoms with Gasteiger partial charge < -0.3 is 15.7 Å². The fourth-order valence-electron chi connectivity index (χ4n) is 1.57. The van der Waals surface area contributed by atoms with Gasteiger partial charge in [-0.05, 0) is 25.1 Å². The van der Waals surface area contributed by atoms with Gasteiger partial charge in [0.25, 0.3) is 0 Å². The van der Waals surface area contributed by atoms with Gasteiger partial charge in [0, 0.05) is 39.6 Å². The molecular weight excluding hydrogens is 304 g/mol. The molecule has 0 heterocycles. The third-order valence-corrected chi connectivity index (χ3v) is 3.45. The average Bonchev–Trinajstić information content (AvgIpc) is 2.25. The minimum Gasteiger partial charge on any atom is -0.478 e. The lowest BCUT2D eigenvalue weighted by molar-refractivity contribution is 0.0697. The zero-order chi connectivity index (χ0) is 15.3. The number of rotatable bonds is 5. The van der Waals surface area contributed by atoms with Crippen LogP contribution in [0.4, 0.5) is 10.5 Å². The van der Waals surface area contributed by atoms with Crippen LogP contribution >= 0.6 is 11.6 Å². The highest BCUT2D eigenvalue weighted by Crippen LogP contribution is 2.19. The summed E-state index contributed by atoms with van der Waals surface area (Å²) in [7, 11) is -1.01. The Hall–Kier alpha value is -1.60. The lowest BCUT2D eigenvalue weighted by Crippen LogP contribution is -2.39. The van der Waals surface area contributed by atoms with Crippen LogP contribution in [0.2, 0.25) is 5.02 Å². The van der Waals surface area contributed by atoms with Crippen LogP contribution in [0.5, 0.6) is 0 Å². The number of nitrogens with one attached hydrogen (secondary N) is 2. The van der Waals surface area contributed by atoms with Gasteiger partial charge in [0.1, 0.15) is 0 Å². The van der Waals surface area contributed by atoms with Crippen LogP contribution in [0.3, 0.4) is 0 Å². The second-order valence-electron chi connectivity index (χ2n) is 4.27. The van der Waals surface area contributed by atoms with Crippen molar-refractivity contribution in [3.05, 3.63) is 28.8 Å². The van der Waals surface area contributed by atoms with Crippen molar-refractivity contribution in [2.45, 2.75) is 13.0 Å². The van der Waals surface area contributed by atoms with E-state index in [4.69, 9.17) is 16.7 Å². The molecule has 2 unspecified atom stereocenters. The number of hydrogen-bond donors (Lipinski definition) is 3. The maximum absolute atomic E-state index is 11.7. The molecule has 0 aliphatic carbocycles. The van der Waals surface area contributed by atoms with Crippen LogP contribution in [-0.4, -0.2) is 39.4 Å². The largest absolute Gasteiger partial charge is 0.478 e. The van der Waals surface area contributed by atoms with E-state index in [1.165, 1.54) is 18.2 Å². The molecule has 0 radical (unpaired) electrons. The normalized spacial score (nSPS) is 13.3. The number of carboxylic acid groups (broad SMARTS) is 1. The van der Waals surface area contributed by atoms with E-state index in [1.807, 2.05) is 0 Å². The van der Waals surface area contributed by atoms with Crippen molar-refractivity contribution >= 4 is 40.1 Å². The molecule has 0 saturated carbocycles. The second-order valence-corrected chi connectivity index (χ2v) is 6.19. The highest BCUT2D eigenvalue weighted by molar-refractivity contribution is 7.84.